The van der Waals surface area contributed by atoms with Crippen molar-refractivity contribution in [1.82, 2.24) is 29.4 Å². The molecule has 0 radical (unpaired) electrons. The van der Waals surface area contributed by atoms with E-state index in [2.05, 4.69) is 15.3 Å². The summed E-state index contributed by atoms with van der Waals surface area (Å²) in [7, 11) is 1.64. The smallest absolute Gasteiger partial charge is 0.337 e. The molecule has 0 spiro atoms. The van der Waals surface area contributed by atoms with Gasteiger partial charge in [-0.2, -0.15) is 10.2 Å². The molecular weight excluding hydrogens is 423 g/mol. The Balaban J connectivity index is 1.39. The number of hydrogen-bond acceptors (Lipinski definition) is 4. The predicted molar refractivity (Wildman–Crippen MR) is 121 cm³/mol. The highest BCUT2D eigenvalue weighted by molar-refractivity contribution is 5.93. The minimum atomic E-state index is -0.326. The van der Waals surface area contributed by atoms with Gasteiger partial charge in [-0.05, 0) is 55.3 Å². The van der Waals surface area contributed by atoms with Crippen molar-refractivity contribution in [1.29, 1.82) is 0 Å². The van der Waals surface area contributed by atoms with Gasteiger partial charge in [-0.1, -0.05) is 18.2 Å². The molecule has 2 aromatic carbocycles. The summed E-state index contributed by atoms with van der Waals surface area (Å²) >= 11 is 0. The van der Waals surface area contributed by atoms with Gasteiger partial charge in [-0.3, -0.25) is 9.89 Å². The molecule has 0 aliphatic carbocycles. The van der Waals surface area contributed by atoms with E-state index >= 15 is 0 Å². The maximum absolute atomic E-state index is 13.2. The number of amides is 1. The molecule has 1 saturated heterocycles. The topological polar surface area (TPSA) is 88.8 Å². The van der Waals surface area contributed by atoms with E-state index in [1.807, 2.05) is 30.3 Å². The van der Waals surface area contributed by atoms with Crippen LogP contribution in [0, 0.1) is 5.82 Å². The number of benzene rings is 2. The van der Waals surface area contributed by atoms with E-state index in [-0.39, 0.29) is 23.3 Å². The molecule has 0 unspecified atom stereocenters. The first-order valence-electron chi connectivity index (χ1n) is 10.8. The molecule has 4 aromatic rings. The van der Waals surface area contributed by atoms with Gasteiger partial charge in [-0.15, -0.1) is 0 Å². The third-order valence-corrected chi connectivity index (χ3v) is 5.99. The highest BCUT2D eigenvalue weighted by Gasteiger charge is 2.30. The van der Waals surface area contributed by atoms with Crippen LogP contribution >= 0.6 is 0 Å². The van der Waals surface area contributed by atoms with E-state index in [0.717, 1.165) is 24.1 Å². The van der Waals surface area contributed by atoms with Gasteiger partial charge in [0.25, 0.3) is 5.91 Å². The van der Waals surface area contributed by atoms with Gasteiger partial charge in [0.05, 0.1) is 11.4 Å². The highest BCUT2D eigenvalue weighted by Crippen LogP contribution is 2.28. The summed E-state index contributed by atoms with van der Waals surface area (Å²) in [5, 5.41) is 11.5. The number of para-hydroxylation sites is 1. The maximum Gasteiger partial charge on any atom is 0.350 e. The van der Waals surface area contributed by atoms with Crippen LogP contribution in [0.25, 0.3) is 16.9 Å². The zero-order valence-corrected chi connectivity index (χ0v) is 18.1. The van der Waals surface area contributed by atoms with Gasteiger partial charge in [0.1, 0.15) is 17.3 Å². The molecule has 1 amide bonds. The summed E-state index contributed by atoms with van der Waals surface area (Å²) in [6.45, 7) is 1.07. The molecule has 2 aromatic heterocycles. The molecule has 1 fully saturated rings. The van der Waals surface area contributed by atoms with Crippen molar-refractivity contribution in [2.75, 3.05) is 13.1 Å². The van der Waals surface area contributed by atoms with E-state index < -0.39 is 0 Å². The summed E-state index contributed by atoms with van der Waals surface area (Å²) in [5.74, 6) is 0.0950. The van der Waals surface area contributed by atoms with Gasteiger partial charge in [0.2, 0.25) is 0 Å². The first kappa shape index (κ1) is 20.9. The van der Waals surface area contributed by atoms with Crippen molar-refractivity contribution in [3.63, 3.8) is 0 Å². The Morgan fingerprint density at radius 2 is 1.88 bits per heavy atom. The monoisotopic (exact) mass is 446 g/mol. The minimum Gasteiger partial charge on any atom is -0.337 e. The second-order valence-electron chi connectivity index (χ2n) is 8.20. The molecule has 0 saturated carbocycles. The molecular formula is C24H23FN6O2. The molecule has 1 aliphatic heterocycles. The second-order valence-corrected chi connectivity index (χ2v) is 8.20. The Labute approximate surface area is 189 Å². The number of H-pyrrole nitrogens is 1. The number of aryl methyl sites for hydroxylation is 1. The third kappa shape index (κ3) is 3.97. The molecule has 5 rings (SSSR count). The lowest BCUT2D eigenvalue weighted by atomic mass is 9.96. The third-order valence-electron chi connectivity index (χ3n) is 5.99. The normalized spacial score (nSPS) is 16.2. The van der Waals surface area contributed by atoms with Gasteiger partial charge >= 0.3 is 5.69 Å². The zero-order valence-electron chi connectivity index (χ0n) is 18.1. The first-order valence-corrected chi connectivity index (χ1v) is 10.8. The van der Waals surface area contributed by atoms with Crippen LogP contribution in [-0.2, 0) is 7.05 Å². The molecule has 9 heteroatoms. The summed E-state index contributed by atoms with van der Waals surface area (Å²) in [6.07, 6.45) is 1.63. The van der Waals surface area contributed by atoms with Crippen molar-refractivity contribution in [2.45, 2.75) is 18.8 Å². The number of aromatic amines is 1. The number of carbonyl (C=O) groups is 1. The van der Waals surface area contributed by atoms with Crippen LogP contribution in [-0.4, -0.2) is 48.4 Å². The number of hydrogen-bond donors (Lipinski definition) is 1. The molecule has 1 atom stereocenters. The number of likely N-dealkylation sites (tertiary alicyclic amines) is 1. The number of nitrogens with zero attached hydrogens (tertiary/aromatic N) is 5. The van der Waals surface area contributed by atoms with Gasteiger partial charge in [0, 0.05) is 31.6 Å². The van der Waals surface area contributed by atoms with E-state index in [0.29, 0.717) is 30.3 Å². The summed E-state index contributed by atoms with van der Waals surface area (Å²) in [5.41, 5.74) is 2.22. The van der Waals surface area contributed by atoms with E-state index in [4.69, 9.17) is 0 Å². The predicted octanol–water partition coefficient (Wildman–Crippen LogP) is 3.12. The Bertz CT molecular complexity index is 1340. The average molecular weight is 446 g/mol. The highest BCUT2D eigenvalue weighted by atomic mass is 19.1. The van der Waals surface area contributed by atoms with E-state index in [9.17, 15) is 14.0 Å². The summed E-state index contributed by atoms with van der Waals surface area (Å²) in [6, 6.07) is 17.1. The standard InChI is InChI=1S/C24H23FN6O2/c1-29-24(33)31(19-7-3-2-4-8-19)22(28-29)17-6-5-13-30(15-17)23(32)21-14-20(26-27-21)16-9-11-18(25)12-10-16/h2-4,7-12,14,17H,5-6,13,15H2,1H3,(H,26,27)/t17-/m1/s1. The SMILES string of the molecule is Cn1nc([C@@H]2CCCN(C(=O)c3cc(-c4ccc(F)cc4)n[nH]3)C2)n(-c2ccccc2)c1=O. The number of rotatable bonds is 4. The van der Waals surface area contributed by atoms with Crippen LogP contribution in [0.1, 0.15) is 35.1 Å². The Morgan fingerprint density at radius 3 is 2.64 bits per heavy atom. The fourth-order valence-electron chi connectivity index (χ4n) is 4.31. The van der Waals surface area contributed by atoms with Crippen molar-refractivity contribution in [3.05, 3.63) is 88.5 Å². The lowest BCUT2D eigenvalue weighted by Crippen LogP contribution is -2.40. The van der Waals surface area contributed by atoms with Crippen LogP contribution in [0.3, 0.4) is 0 Å². The van der Waals surface area contributed by atoms with E-state index in [1.165, 1.54) is 16.8 Å². The number of halogens is 1. The molecule has 1 aliphatic rings. The summed E-state index contributed by atoms with van der Waals surface area (Å²) in [4.78, 5) is 27.7. The molecule has 168 valence electrons. The van der Waals surface area contributed by atoms with Crippen LogP contribution in [0.4, 0.5) is 4.39 Å². The van der Waals surface area contributed by atoms with Crippen LogP contribution in [0.15, 0.2) is 65.5 Å². The van der Waals surface area contributed by atoms with Crippen LogP contribution in [0.2, 0.25) is 0 Å². The van der Waals surface area contributed by atoms with Crippen molar-refractivity contribution >= 4 is 5.91 Å². The largest absolute Gasteiger partial charge is 0.350 e. The van der Waals surface area contributed by atoms with Crippen molar-refractivity contribution < 1.29 is 9.18 Å². The number of piperidine rings is 1. The second kappa shape index (κ2) is 8.50. The lowest BCUT2D eigenvalue weighted by Gasteiger charge is -2.32. The van der Waals surface area contributed by atoms with Gasteiger partial charge in [-0.25, -0.2) is 18.4 Å². The Kier molecular flexibility index (Phi) is 5.37. The van der Waals surface area contributed by atoms with Crippen LogP contribution < -0.4 is 5.69 Å². The summed E-state index contributed by atoms with van der Waals surface area (Å²) < 4.78 is 16.2. The van der Waals surface area contributed by atoms with Crippen molar-refractivity contribution in [2.24, 2.45) is 7.05 Å². The quantitative estimate of drug-likeness (QED) is 0.522. The molecule has 0 bridgehead atoms. The fraction of sp³-hybridized carbons (Fsp3) is 0.250. The fourth-order valence-corrected chi connectivity index (χ4v) is 4.31. The maximum atomic E-state index is 13.2. The number of nitrogens with one attached hydrogen (secondary N) is 1. The average Bonchev–Trinajstić information content (AvgIpc) is 3.45. The Morgan fingerprint density at radius 1 is 1.12 bits per heavy atom. The van der Waals surface area contributed by atoms with E-state index in [1.54, 1.807) is 34.7 Å². The number of carbonyl (C=O) groups excluding carboxylic acids is 1. The first-order chi connectivity index (χ1) is 16.0. The molecule has 1 N–H and O–H groups in total. The molecule has 8 nitrogen and oxygen atoms in total. The molecule has 33 heavy (non-hydrogen) atoms. The van der Waals surface area contributed by atoms with Crippen molar-refractivity contribution in [3.8, 4) is 16.9 Å². The van der Waals surface area contributed by atoms with Crippen LogP contribution in [0.5, 0.6) is 0 Å². The zero-order chi connectivity index (χ0) is 22.9. The lowest BCUT2D eigenvalue weighted by molar-refractivity contribution is 0.0698. The number of aromatic nitrogens is 5. The van der Waals surface area contributed by atoms with Gasteiger partial charge in [0.15, 0.2) is 0 Å². The van der Waals surface area contributed by atoms with Gasteiger partial charge < -0.3 is 4.90 Å². The Hall–Kier alpha value is -4.01. The minimum absolute atomic E-state index is 0.0729. The molecule has 3 heterocycles.